The Hall–Kier alpha value is -3.98. The number of methoxy groups -OCH3 is 1. The molecule has 0 radical (unpaired) electrons. The Bertz CT molecular complexity index is 1360. The van der Waals surface area contributed by atoms with Crippen LogP contribution in [-0.2, 0) is 22.5 Å². The lowest BCUT2D eigenvalue weighted by molar-refractivity contribution is -0.139. The second kappa shape index (κ2) is 11.0. The fourth-order valence-electron chi connectivity index (χ4n) is 3.71. The molecule has 0 bridgehead atoms. The molecule has 0 aliphatic carbocycles. The zero-order valence-corrected chi connectivity index (χ0v) is 20.1. The average molecular weight is 477 g/mol. The van der Waals surface area contributed by atoms with E-state index in [4.69, 9.17) is 13.9 Å². The maximum Gasteiger partial charge on any atom is 0.420 e. The zero-order chi connectivity index (χ0) is 24.8. The number of carbonyl (C=O) groups is 1. The van der Waals surface area contributed by atoms with Crippen molar-refractivity contribution in [2.24, 2.45) is 0 Å². The number of hydrogen-bond acceptors (Lipinski definition) is 8. The standard InChI is InChI=1S/C26H28N4O5/c1-29(2)10-5-11-34-21-15-27-25(28-16-21)20-7-4-6-19(12-20)17-30-22-9-8-18(14-24(31)33-3)13-23(22)35-26(30)32/h4,6-9,12-13,15-16H,5,10-11,14,17H2,1-3H3. The molecule has 0 fully saturated rings. The summed E-state index contributed by atoms with van der Waals surface area (Å²) >= 11 is 0. The van der Waals surface area contributed by atoms with Crippen LogP contribution in [0.15, 0.2) is 64.1 Å². The summed E-state index contributed by atoms with van der Waals surface area (Å²) in [7, 11) is 5.40. The van der Waals surface area contributed by atoms with Crippen molar-refractivity contribution < 1.29 is 18.7 Å². The highest BCUT2D eigenvalue weighted by Crippen LogP contribution is 2.21. The van der Waals surface area contributed by atoms with Gasteiger partial charge in [0.25, 0.3) is 0 Å². The van der Waals surface area contributed by atoms with Crippen molar-refractivity contribution in [2.75, 3.05) is 34.4 Å². The quantitative estimate of drug-likeness (QED) is 0.254. The van der Waals surface area contributed by atoms with Gasteiger partial charge in [-0.15, -0.1) is 0 Å². The molecule has 0 saturated heterocycles. The van der Waals surface area contributed by atoms with Crippen molar-refractivity contribution in [3.8, 4) is 17.1 Å². The fraction of sp³-hybridized carbons (Fsp3) is 0.308. The van der Waals surface area contributed by atoms with Gasteiger partial charge in [-0.1, -0.05) is 24.3 Å². The van der Waals surface area contributed by atoms with Gasteiger partial charge in [0.05, 0.1) is 44.6 Å². The van der Waals surface area contributed by atoms with Crippen molar-refractivity contribution >= 4 is 17.1 Å². The Morgan fingerprint density at radius 3 is 2.63 bits per heavy atom. The van der Waals surface area contributed by atoms with E-state index in [2.05, 4.69) is 14.9 Å². The molecule has 0 amide bonds. The van der Waals surface area contributed by atoms with E-state index in [-0.39, 0.29) is 12.4 Å². The summed E-state index contributed by atoms with van der Waals surface area (Å²) in [6.45, 7) is 1.88. The van der Waals surface area contributed by atoms with Crippen LogP contribution in [-0.4, -0.2) is 59.8 Å². The van der Waals surface area contributed by atoms with E-state index < -0.39 is 5.76 Å². The molecule has 2 aromatic heterocycles. The molecule has 0 atom stereocenters. The van der Waals surface area contributed by atoms with Crippen molar-refractivity contribution in [2.45, 2.75) is 19.4 Å². The molecular weight excluding hydrogens is 448 g/mol. The normalized spacial score (nSPS) is 11.2. The Labute approximate surface area is 202 Å². The maximum atomic E-state index is 12.5. The molecular formula is C26H28N4O5. The lowest BCUT2D eigenvalue weighted by Gasteiger charge is -2.10. The van der Waals surface area contributed by atoms with E-state index in [1.54, 1.807) is 35.2 Å². The van der Waals surface area contributed by atoms with E-state index in [9.17, 15) is 9.59 Å². The molecule has 182 valence electrons. The number of nitrogens with zero attached hydrogens (tertiary/aromatic N) is 4. The Kier molecular flexibility index (Phi) is 7.57. The highest BCUT2D eigenvalue weighted by atomic mass is 16.5. The van der Waals surface area contributed by atoms with Gasteiger partial charge in [0.1, 0.15) is 0 Å². The molecule has 0 saturated carbocycles. The maximum absolute atomic E-state index is 12.5. The first kappa shape index (κ1) is 24.2. The minimum atomic E-state index is -0.465. The van der Waals surface area contributed by atoms with Crippen molar-refractivity contribution in [3.63, 3.8) is 0 Å². The third-order valence-electron chi connectivity index (χ3n) is 5.48. The Morgan fingerprint density at radius 2 is 1.89 bits per heavy atom. The van der Waals surface area contributed by atoms with E-state index in [0.29, 0.717) is 35.8 Å². The van der Waals surface area contributed by atoms with Crippen LogP contribution in [0.3, 0.4) is 0 Å². The molecule has 2 heterocycles. The van der Waals surface area contributed by atoms with Crippen LogP contribution < -0.4 is 10.5 Å². The molecule has 2 aromatic carbocycles. The molecule has 4 aromatic rings. The minimum absolute atomic E-state index is 0.114. The molecule has 9 heteroatoms. The molecule has 0 N–H and O–H groups in total. The predicted molar refractivity (Wildman–Crippen MR) is 131 cm³/mol. The van der Waals surface area contributed by atoms with Crippen LogP contribution in [0.4, 0.5) is 0 Å². The number of rotatable bonds is 10. The van der Waals surface area contributed by atoms with Crippen LogP contribution in [0.25, 0.3) is 22.5 Å². The summed E-state index contributed by atoms with van der Waals surface area (Å²) in [5.41, 5.74) is 3.54. The highest BCUT2D eigenvalue weighted by molar-refractivity contribution is 5.77. The van der Waals surface area contributed by atoms with Crippen molar-refractivity contribution in [3.05, 3.63) is 76.5 Å². The van der Waals surface area contributed by atoms with Gasteiger partial charge in [-0.05, 0) is 49.8 Å². The van der Waals surface area contributed by atoms with Crippen molar-refractivity contribution in [1.82, 2.24) is 19.4 Å². The number of benzene rings is 2. The van der Waals surface area contributed by atoms with Crippen LogP contribution in [0, 0.1) is 0 Å². The molecule has 0 unspecified atom stereocenters. The molecule has 0 aliphatic rings. The largest absolute Gasteiger partial charge is 0.490 e. The third kappa shape index (κ3) is 6.13. The zero-order valence-electron chi connectivity index (χ0n) is 20.1. The average Bonchev–Trinajstić information content (AvgIpc) is 3.16. The molecule has 4 rings (SSSR count). The topological polar surface area (TPSA) is 99.7 Å². The SMILES string of the molecule is COC(=O)Cc1ccc2c(c1)oc(=O)n2Cc1cccc(-c2ncc(OCCCN(C)C)cn2)c1. The monoisotopic (exact) mass is 476 g/mol. The Balaban J connectivity index is 1.48. The minimum Gasteiger partial charge on any atom is -0.490 e. The van der Waals surface area contributed by atoms with Crippen LogP contribution in [0.5, 0.6) is 5.75 Å². The molecule has 0 aliphatic heterocycles. The second-order valence-electron chi connectivity index (χ2n) is 8.46. The number of hydrogen-bond donors (Lipinski definition) is 0. The number of esters is 1. The lowest BCUT2D eigenvalue weighted by atomic mass is 10.1. The molecule has 9 nitrogen and oxygen atoms in total. The summed E-state index contributed by atoms with van der Waals surface area (Å²) in [6, 6.07) is 13.0. The van der Waals surface area contributed by atoms with E-state index in [1.165, 1.54) is 7.11 Å². The lowest BCUT2D eigenvalue weighted by Crippen LogP contribution is -2.15. The number of aromatic nitrogens is 3. The molecule has 0 spiro atoms. The van der Waals surface area contributed by atoms with Gasteiger partial charge < -0.3 is 18.8 Å². The summed E-state index contributed by atoms with van der Waals surface area (Å²) in [5, 5.41) is 0. The summed E-state index contributed by atoms with van der Waals surface area (Å²) < 4.78 is 17.4. The van der Waals surface area contributed by atoms with Crippen LogP contribution >= 0.6 is 0 Å². The third-order valence-corrected chi connectivity index (χ3v) is 5.48. The number of ether oxygens (including phenoxy) is 2. The van der Waals surface area contributed by atoms with Gasteiger partial charge in [-0.2, -0.15) is 0 Å². The van der Waals surface area contributed by atoms with Gasteiger partial charge in [-0.3, -0.25) is 9.36 Å². The summed E-state index contributed by atoms with van der Waals surface area (Å²) in [4.78, 5) is 35.1. The first-order chi connectivity index (χ1) is 16.9. The number of carbonyl (C=O) groups excluding carboxylic acids is 1. The van der Waals surface area contributed by atoms with Gasteiger partial charge in [0.2, 0.25) is 0 Å². The van der Waals surface area contributed by atoms with Gasteiger partial charge in [-0.25, -0.2) is 14.8 Å². The second-order valence-corrected chi connectivity index (χ2v) is 8.46. The van der Waals surface area contributed by atoms with Crippen LogP contribution in [0.2, 0.25) is 0 Å². The van der Waals surface area contributed by atoms with E-state index in [1.807, 2.05) is 38.4 Å². The predicted octanol–water partition coefficient (Wildman–Crippen LogP) is 3.15. The summed E-state index contributed by atoms with van der Waals surface area (Å²) in [5.74, 6) is 0.387. The van der Waals surface area contributed by atoms with E-state index in [0.717, 1.165) is 29.7 Å². The van der Waals surface area contributed by atoms with Gasteiger partial charge in [0, 0.05) is 12.1 Å². The van der Waals surface area contributed by atoms with Gasteiger partial charge >= 0.3 is 11.7 Å². The first-order valence-corrected chi connectivity index (χ1v) is 11.3. The highest BCUT2D eigenvalue weighted by Gasteiger charge is 2.13. The summed E-state index contributed by atoms with van der Waals surface area (Å²) in [6.07, 6.45) is 4.38. The smallest absolute Gasteiger partial charge is 0.420 e. The molecule has 35 heavy (non-hydrogen) atoms. The number of oxazole rings is 1. The van der Waals surface area contributed by atoms with Crippen molar-refractivity contribution in [1.29, 1.82) is 0 Å². The van der Waals surface area contributed by atoms with E-state index >= 15 is 0 Å². The Morgan fingerprint density at radius 1 is 1.09 bits per heavy atom. The number of fused-ring (bicyclic) bond motifs is 1. The first-order valence-electron chi connectivity index (χ1n) is 11.3. The fourth-order valence-corrected chi connectivity index (χ4v) is 3.71. The van der Waals surface area contributed by atoms with Crippen LogP contribution in [0.1, 0.15) is 17.5 Å². The van der Waals surface area contributed by atoms with Gasteiger partial charge in [0.15, 0.2) is 17.2 Å².